The minimum absolute atomic E-state index is 0.0106. The smallest absolute Gasteiger partial charge is 0.246 e. The standard InChI is InChI=1S/C12H17N3O2S/c1-4-8-6-13-11(18-8)7(2)14-9-5-10(16)15(3)12(9)17/h6-7,9,14H,4-5H2,1-3H3. The lowest BCUT2D eigenvalue weighted by Gasteiger charge is -2.15. The van der Waals surface area contributed by atoms with E-state index in [0.717, 1.165) is 11.4 Å². The molecule has 2 amide bonds. The van der Waals surface area contributed by atoms with E-state index in [0.29, 0.717) is 0 Å². The van der Waals surface area contributed by atoms with E-state index in [1.807, 2.05) is 13.1 Å². The van der Waals surface area contributed by atoms with Crippen LogP contribution in [-0.4, -0.2) is 34.8 Å². The van der Waals surface area contributed by atoms with Gasteiger partial charge in [-0.1, -0.05) is 6.92 Å². The molecule has 1 saturated heterocycles. The van der Waals surface area contributed by atoms with Crippen molar-refractivity contribution in [3.05, 3.63) is 16.1 Å². The van der Waals surface area contributed by atoms with Crippen molar-refractivity contribution in [2.24, 2.45) is 0 Å². The minimum atomic E-state index is -0.411. The topological polar surface area (TPSA) is 62.3 Å². The molecule has 2 heterocycles. The molecule has 1 aliphatic rings. The van der Waals surface area contributed by atoms with Crippen LogP contribution >= 0.6 is 11.3 Å². The van der Waals surface area contributed by atoms with Crippen LogP contribution in [-0.2, 0) is 16.0 Å². The van der Waals surface area contributed by atoms with Crippen LogP contribution in [0.1, 0.15) is 36.2 Å². The van der Waals surface area contributed by atoms with E-state index >= 15 is 0 Å². The second-order valence-corrected chi connectivity index (χ2v) is 5.60. The van der Waals surface area contributed by atoms with Gasteiger partial charge in [0.25, 0.3) is 0 Å². The third-order valence-electron chi connectivity index (χ3n) is 3.12. The molecule has 1 fully saturated rings. The Hall–Kier alpha value is -1.27. The van der Waals surface area contributed by atoms with Gasteiger partial charge in [-0.05, 0) is 13.3 Å². The van der Waals surface area contributed by atoms with Crippen molar-refractivity contribution in [2.45, 2.75) is 38.8 Å². The monoisotopic (exact) mass is 267 g/mol. The summed E-state index contributed by atoms with van der Waals surface area (Å²) in [7, 11) is 1.52. The molecule has 1 aromatic rings. The van der Waals surface area contributed by atoms with Gasteiger partial charge in [-0.2, -0.15) is 0 Å². The summed E-state index contributed by atoms with van der Waals surface area (Å²) in [4.78, 5) is 29.9. The fourth-order valence-corrected chi connectivity index (χ4v) is 2.81. The Morgan fingerprint density at radius 3 is 2.83 bits per heavy atom. The van der Waals surface area contributed by atoms with Crippen molar-refractivity contribution >= 4 is 23.2 Å². The Morgan fingerprint density at radius 1 is 1.61 bits per heavy atom. The number of likely N-dealkylation sites (N-methyl/N-ethyl adjacent to an activating group) is 1. The van der Waals surface area contributed by atoms with Crippen LogP contribution in [0.2, 0.25) is 0 Å². The molecule has 2 rings (SSSR count). The molecule has 5 nitrogen and oxygen atoms in total. The van der Waals surface area contributed by atoms with E-state index in [4.69, 9.17) is 0 Å². The Kier molecular flexibility index (Phi) is 3.77. The largest absolute Gasteiger partial charge is 0.297 e. The van der Waals surface area contributed by atoms with Gasteiger partial charge in [0.2, 0.25) is 11.8 Å². The normalized spacial score (nSPS) is 21.7. The third kappa shape index (κ3) is 2.44. The summed E-state index contributed by atoms with van der Waals surface area (Å²) in [5.41, 5.74) is 0. The van der Waals surface area contributed by atoms with Crippen molar-refractivity contribution in [1.82, 2.24) is 15.2 Å². The molecule has 0 bridgehead atoms. The van der Waals surface area contributed by atoms with E-state index in [2.05, 4.69) is 17.2 Å². The van der Waals surface area contributed by atoms with E-state index in [9.17, 15) is 9.59 Å². The SMILES string of the molecule is CCc1cnc(C(C)NC2CC(=O)N(C)C2=O)s1. The summed E-state index contributed by atoms with van der Waals surface area (Å²) in [5, 5.41) is 4.14. The molecule has 0 spiro atoms. The Balaban J connectivity index is 2.01. The third-order valence-corrected chi connectivity index (χ3v) is 4.45. The highest BCUT2D eigenvalue weighted by Gasteiger charge is 2.36. The molecule has 6 heteroatoms. The van der Waals surface area contributed by atoms with Gasteiger partial charge in [0.1, 0.15) is 5.01 Å². The molecular formula is C12H17N3O2S. The van der Waals surface area contributed by atoms with Gasteiger partial charge in [-0.25, -0.2) is 4.98 Å². The lowest BCUT2D eigenvalue weighted by molar-refractivity contribution is -0.137. The molecule has 2 unspecified atom stereocenters. The maximum absolute atomic E-state index is 11.8. The zero-order valence-corrected chi connectivity index (χ0v) is 11.6. The maximum atomic E-state index is 11.8. The molecule has 2 atom stereocenters. The summed E-state index contributed by atoms with van der Waals surface area (Å²) < 4.78 is 0. The predicted octanol–water partition coefficient (Wildman–Crippen LogP) is 1.11. The molecule has 0 saturated carbocycles. The first-order chi connectivity index (χ1) is 8.52. The van der Waals surface area contributed by atoms with Gasteiger partial charge in [-0.15, -0.1) is 11.3 Å². The first-order valence-electron chi connectivity index (χ1n) is 6.04. The van der Waals surface area contributed by atoms with Gasteiger partial charge in [-0.3, -0.25) is 19.8 Å². The van der Waals surface area contributed by atoms with Gasteiger partial charge >= 0.3 is 0 Å². The van der Waals surface area contributed by atoms with Crippen molar-refractivity contribution in [2.75, 3.05) is 7.05 Å². The van der Waals surface area contributed by atoms with E-state index in [-0.39, 0.29) is 24.3 Å². The molecule has 18 heavy (non-hydrogen) atoms. The minimum Gasteiger partial charge on any atom is -0.297 e. The first kappa shape index (κ1) is 13.2. The highest BCUT2D eigenvalue weighted by Crippen LogP contribution is 2.22. The molecule has 0 aromatic carbocycles. The highest BCUT2D eigenvalue weighted by molar-refractivity contribution is 7.11. The summed E-state index contributed by atoms with van der Waals surface area (Å²) >= 11 is 1.64. The Morgan fingerprint density at radius 2 is 2.33 bits per heavy atom. The summed E-state index contributed by atoms with van der Waals surface area (Å²) in [6.45, 7) is 4.05. The average molecular weight is 267 g/mol. The number of hydrogen-bond donors (Lipinski definition) is 1. The summed E-state index contributed by atoms with van der Waals surface area (Å²) in [5.74, 6) is -0.280. The lowest BCUT2D eigenvalue weighted by Crippen LogP contribution is -2.38. The van der Waals surface area contributed by atoms with Gasteiger partial charge in [0.05, 0.1) is 18.5 Å². The zero-order chi connectivity index (χ0) is 13.3. The molecule has 98 valence electrons. The molecule has 0 radical (unpaired) electrons. The summed E-state index contributed by atoms with van der Waals surface area (Å²) in [6, 6.07) is -0.421. The number of nitrogens with zero attached hydrogens (tertiary/aromatic N) is 2. The number of rotatable bonds is 4. The van der Waals surface area contributed by atoms with Crippen molar-refractivity contribution in [3.8, 4) is 0 Å². The number of nitrogens with one attached hydrogen (secondary N) is 1. The number of carbonyl (C=O) groups excluding carboxylic acids is 2. The van der Waals surface area contributed by atoms with Crippen LogP contribution in [0.5, 0.6) is 0 Å². The number of thiazole rings is 1. The fraction of sp³-hybridized carbons (Fsp3) is 0.583. The molecule has 1 aromatic heterocycles. The average Bonchev–Trinajstić information content (AvgIpc) is 2.92. The first-order valence-corrected chi connectivity index (χ1v) is 6.85. The second kappa shape index (κ2) is 5.16. The van der Waals surface area contributed by atoms with Crippen molar-refractivity contribution in [3.63, 3.8) is 0 Å². The molecule has 1 aliphatic heterocycles. The summed E-state index contributed by atoms with van der Waals surface area (Å²) in [6.07, 6.45) is 3.07. The second-order valence-electron chi connectivity index (χ2n) is 4.45. The molecular weight excluding hydrogens is 250 g/mol. The van der Waals surface area contributed by atoms with E-state index in [1.165, 1.54) is 16.8 Å². The molecule has 1 N–H and O–H groups in total. The highest BCUT2D eigenvalue weighted by atomic mass is 32.1. The van der Waals surface area contributed by atoms with E-state index in [1.54, 1.807) is 11.3 Å². The van der Waals surface area contributed by atoms with Crippen molar-refractivity contribution < 1.29 is 9.59 Å². The predicted molar refractivity (Wildman–Crippen MR) is 69.2 cm³/mol. The van der Waals surface area contributed by atoms with Gasteiger partial charge < -0.3 is 0 Å². The van der Waals surface area contributed by atoms with Crippen LogP contribution in [0.15, 0.2) is 6.20 Å². The Labute approximate surface area is 110 Å². The number of carbonyl (C=O) groups is 2. The quantitative estimate of drug-likeness (QED) is 0.830. The number of hydrogen-bond acceptors (Lipinski definition) is 5. The maximum Gasteiger partial charge on any atom is 0.246 e. The lowest BCUT2D eigenvalue weighted by atomic mass is 10.2. The van der Waals surface area contributed by atoms with Crippen LogP contribution in [0.25, 0.3) is 0 Å². The number of likely N-dealkylation sites (tertiary alicyclic amines) is 1. The van der Waals surface area contributed by atoms with Crippen molar-refractivity contribution in [1.29, 1.82) is 0 Å². The Bertz CT molecular complexity index is 472. The van der Waals surface area contributed by atoms with Gasteiger partial charge in [0, 0.05) is 18.1 Å². The van der Waals surface area contributed by atoms with E-state index < -0.39 is 6.04 Å². The molecule has 0 aliphatic carbocycles. The number of aryl methyl sites for hydroxylation is 1. The number of amides is 2. The van der Waals surface area contributed by atoms with Crippen LogP contribution < -0.4 is 5.32 Å². The number of aromatic nitrogens is 1. The van der Waals surface area contributed by atoms with Crippen LogP contribution in [0, 0.1) is 0 Å². The van der Waals surface area contributed by atoms with Crippen LogP contribution in [0.3, 0.4) is 0 Å². The van der Waals surface area contributed by atoms with Crippen LogP contribution in [0.4, 0.5) is 0 Å². The fourth-order valence-electron chi connectivity index (χ4n) is 1.95. The zero-order valence-electron chi connectivity index (χ0n) is 10.8. The number of imide groups is 1. The van der Waals surface area contributed by atoms with Gasteiger partial charge in [0.15, 0.2) is 0 Å².